The summed E-state index contributed by atoms with van der Waals surface area (Å²) in [7, 11) is -3.28. The molecule has 1 atom stereocenters. The lowest BCUT2D eigenvalue weighted by atomic mass is 10.0. The standard InChI is InChI=1S/C15H27N3O2S/c1-12(2)9-18-14(8-16-15(18)21(4,19)20)11-17-7-5-6-13(3)10-17/h8,12-13H,5-7,9-11H2,1-4H3. The summed E-state index contributed by atoms with van der Waals surface area (Å²) in [5.74, 6) is 1.10. The molecule has 0 N–H and O–H groups in total. The Morgan fingerprint density at radius 2 is 2.14 bits per heavy atom. The Labute approximate surface area is 128 Å². The second-order valence-corrected chi connectivity index (χ2v) is 8.70. The van der Waals surface area contributed by atoms with Crippen molar-refractivity contribution >= 4 is 9.84 Å². The smallest absolute Gasteiger partial charge is 0.227 e. The Bertz CT molecular complexity index is 578. The molecule has 2 rings (SSSR count). The van der Waals surface area contributed by atoms with E-state index < -0.39 is 9.84 Å². The van der Waals surface area contributed by atoms with Gasteiger partial charge in [0.1, 0.15) is 0 Å². The van der Waals surface area contributed by atoms with E-state index in [1.54, 1.807) is 6.20 Å². The first-order valence-corrected chi connectivity index (χ1v) is 9.63. The third-order valence-electron chi connectivity index (χ3n) is 3.91. The summed E-state index contributed by atoms with van der Waals surface area (Å²) in [5, 5.41) is 0.205. The molecule has 0 radical (unpaired) electrons. The van der Waals surface area contributed by atoms with E-state index in [9.17, 15) is 8.42 Å². The van der Waals surface area contributed by atoms with Crippen LogP contribution < -0.4 is 0 Å². The lowest BCUT2D eigenvalue weighted by Gasteiger charge is -2.31. The summed E-state index contributed by atoms with van der Waals surface area (Å²) in [4.78, 5) is 6.58. The average molecular weight is 313 g/mol. The van der Waals surface area contributed by atoms with Crippen molar-refractivity contribution in [3.8, 4) is 0 Å². The normalized spacial score (nSPS) is 21.1. The number of likely N-dealkylation sites (tertiary alicyclic amines) is 1. The third kappa shape index (κ3) is 4.30. The highest BCUT2D eigenvalue weighted by Crippen LogP contribution is 2.20. The van der Waals surface area contributed by atoms with Gasteiger partial charge in [-0.05, 0) is 31.2 Å². The van der Waals surface area contributed by atoms with E-state index in [0.29, 0.717) is 12.5 Å². The van der Waals surface area contributed by atoms with Crippen LogP contribution in [0.5, 0.6) is 0 Å². The van der Waals surface area contributed by atoms with E-state index in [4.69, 9.17) is 0 Å². The van der Waals surface area contributed by atoms with Crippen LogP contribution in [0.15, 0.2) is 11.4 Å². The Morgan fingerprint density at radius 1 is 1.43 bits per heavy atom. The number of nitrogens with zero attached hydrogens (tertiary/aromatic N) is 3. The van der Waals surface area contributed by atoms with Gasteiger partial charge in [0.25, 0.3) is 0 Å². The van der Waals surface area contributed by atoms with E-state index in [0.717, 1.165) is 31.2 Å². The Balaban J connectivity index is 2.24. The number of piperidine rings is 1. The van der Waals surface area contributed by atoms with Crippen molar-refractivity contribution in [2.24, 2.45) is 11.8 Å². The molecule has 21 heavy (non-hydrogen) atoms. The SMILES string of the molecule is CC(C)Cn1c(CN2CCCC(C)C2)cnc1S(C)(=O)=O. The minimum absolute atomic E-state index is 0.205. The summed E-state index contributed by atoms with van der Waals surface area (Å²) in [6.45, 7) is 10.1. The molecule has 1 aliphatic rings. The van der Waals surface area contributed by atoms with E-state index in [-0.39, 0.29) is 5.16 Å². The second-order valence-electron chi connectivity index (χ2n) is 6.79. The molecular formula is C15H27N3O2S. The summed E-state index contributed by atoms with van der Waals surface area (Å²) >= 11 is 0. The molecule has 0 bridgehead atoms. The van der Waals surface area contributed by atoms with Crippen molar-refractivity contribution in [3.63, 3.8) is 0 Å². The maximum atomic E-state index is 11.9. The maximum absolute atomic E-state index is 11.9. The monoisotopic (exact) mass is 313 g/mol. The molecule has 2 heterocycles. The maximum Gasteiger partial charge on any atom is 0.227 e. The van der Waals surface area contributed by atoms with E-state index >= 15 is 0 Å². The highest BCUT2D eigenvalue weighted by molar-refractivity contribution is 7.90. The molecule has 1 aromatic rings. The van der Waals surface area contributed by atoms with Crippen LogP contribution in [-0.4, -0.2) is 42.2 Å². The van der Waals surface area contributed by atoms with Crippen LogP contribution >= 0.6 is 0 Å². The Hall–Kier alpha value is -0.880. The summed E-state index contributed by atoms with van der Waals surface area (Å²) in [6, 6.07) is 0. The number of aromatic nitrogens is 2. The fourth-order valence-corrected chi connectivity index (χ4v) is 3.87. The van der Waals surface area contributed by atoms with Crippen LogP contribution in [0.25, 0.3) is 0 Å². The van der Waals surface area contributed by atoms with E-state index in [1.165, 1.54) is 19.1 Å². The van der Waals surface area contributed by atoms with Gasteiger partial charge in [-0.2, -0.15) is 0 Å². The topological polar surface area (TPSA) is 55.2 Å². The lowest BCUT2D eigenvalue weighted by molar-refractivity contribution is 0.172. The zero-order chi connectivity index (χ0) is 15.6. The van der Waals surface area contributed by atoms with E-state index in [1.807, 2.05) is 4.57 Å². The molecule has 1 saturated heterocycles. The van der Waals surface area contributed by atoms with Gasteiger partial charge >= 0.3 is 0 Å². The zero-order valence-corrected chi connectivity index (χ0v) is 14.4. The van der Waals surface area contributed by atoms with Crippen molar-refractivity contribution in [1.29, 1.82) is 0 Å². The summed E-state index contributed by atoms with van der Waals surface area (Å²) in [6.07, 6.45) is 5.48. The fraction of sp³-hybridized carbons (Fsp3) is 0.800. The van der Waals surface area contributed by atoms with Crippen molar-refractivity contribution < 1.29 is 8.42 Å². The summed E-state index contributed by atoms with van der Waals surface area (Å²) < 4.78 is 25.7. The minimum Gasteiger partial charge on any atom is -0.317 e. The van der Waals surface area contributed by atoms with Crippen LogP contribution in [-0.2, 0) is 22.9 Å². The van der Waals surface area contributed by atoms with Crippen molar-refractivity contribution in [1.82, 2.24) is 14.5 Å². The lowest BCUT2D eigenvalue weighted by Crippen LogP contribution is -2.34. The quantitative estimate of drug-likeness (QED) is 0.836. The van der Waals surface area contributed by atoms with Gasteiger partial charge in [0, 0.05) is 25.9 Å². The number of hydrogen-bond acceptors (Lipinski definition) is 4. The molecule has 1 aliphatic heterocycles. The molecule has 0 aromatic carbocycles. The van der Waals surface area contributed by atoms with Crippen LogP contribution in [0.3, 0.4) is 0 Å². The minimum atomic E-state index is -3.28. The second kappa shape index (κ2) is 6.48. The number of sulfone groups is 1. The Kier molecular flexibility index (Phi) is 5.09. The molecule has 1 aromatic heterocycles. The zero-order valence-electron chi connectivity index (χ0n) is 13.5. The number of hydrogen-bond donors (Lipinski definition) is 0. The van der Waals surface area contributed by atoms with Crippen LogP contribution in [0.4, 0.5) is 0 Å². The highest BCUT2D eigenvalue weighted by Gasteiger charge is 2.22. The van der Waals surface area contributed by atoms with Crippen LogP contribution in [0, 0.1) is 11.8 Å². The fourth-order valence-electron chi connectivity index (χ4n) is 3.03. The predicted octanol–water partition coefficient (Wildman–Crippen LogP) is 2.17. The van der Waals surface area contributed by atoms with Gasteiger partial charge in [-0.25, -0.2) is 13.4 Å². The molecule has 0 saturated carbocycles. The van der Waals surface area contributed by atoms with Crippen molar-refractivity contribution in [3.05, 3.63) is 11.9 Å². The predicted molar refractivity (Wildman–Crippen MR) is 83.8 cm³/mol. The van der Waals surface area contributed by atoms with Gasteiger partial charge in [-0.1, -0.05) is 20.8 Å². The first-order valence-electron chi connectivity index (χ1n) is 7.74. The van der Waals surface area contributed by atoms with Gasteiger partial charge in [0.2, 0.25) is 15.0 Å². The molecule has 1 fully saturated rings. The molecule has 0 aliphatic carbocycles. The number of imidazole rings is 1. The van der Waals surface area contributed by atoms with Gasteiger partial charge in [0.15, 0.2) is 0 Å². The molecule has 0 spiro atoms. The first-order chi connectivity index (χ1) is 9.77. The largest absolute Gasteiger partial charge is 0.317 e. The molecular weight excluding hydrogens is 286 g/mol. The average Bonchev–Trinajstić information content (AvgIpc) is 2.71. The molecule has 120 valence electrons. The van der Waals surface area contributed by atoms with Crippen LogP contribution in [0.1, 0.15) is 39.3 Å². The molecule has 6 heteroatoms. The van der Waals surface area contributed by atoms with E-state index in [2.05, 4.69) is 30.7 Å². The van der Waals surface area contributed by atoms with Crippen LogP contribution in [0.2, 0.25) is 0 Å². The molecule has 0 amide bonds. The summed E-state index contributed by atoms with van der Waals surface area (Å²) in [5.41, 5.74) is 1.01. The molecule has 1 unspecified atom stereocenters. The van der Waals surface area contributed by atoms with Gasteiger partial charge in [-0.15, -0.1) is 0 Å². The van der Waals surface area contributed by atoms with Gasteiger partial charge in [0.05, 0.1) is 11.9 Å². The third-order valence-corrected chi connectivity index (χ3v) is 4.90. The first kappa shape index (κ1) is 16.5. The van der Waals surface area contributed by atoms with Crippen molar-refractivity contribution in [2.75, 3.05) is 19.3 Å². The van der Waals surface area contributed by atoms with Gasteiger partial charge < -0.3 is 4.57 Å². The molecule has 5 nitrogen and oxygen atoms in total. The van der Waals surface area contributed by atoms with Crippen molar-refractivity contribution in [2.45, 2.75) is 51.9 Å². The Morgan fingerprint density at radius 3 is 2.71 bits per heavy atom. The number of rotatable bonds is 5. The highest BCUT2D eigenvalue weighted by atomic mass is 32.2. The van der Waals surface area contributed by atoms with Gasteiger partial charge in [-0.3, -0.25) is 4.90 Å².